The van der Waals surface area contributed by atoms with Gasteiger partial charge in [-0.3, -0.25) is 0 Å². The summed E-state index contributed by atoms with van der Waals surface area (Å²) in [6, 6.07) is 0. The highest BCUT2D eigenvalue weighted by Gasteiger charge is 2.40. The van der Waals surface area contributed by atoms with Crippen LogP contribution in [0.3, 0.4) is 0 Å². The molecule has 0 saturated carbocycles. The van der Waals surface area contributed by atoms with Crippen molar-refractivity contribution < 1.29 is 35.9 Å². The summed E-state index contributed by atoms with van der Waals surface area (Å²) < 4.78 is 72.2. The molecule has 0 aromatic rings. The Hall–Kier alpha value is -1.64. The van der Waals surface area contributed by atoms with Crippen molar-refractivity contribution in [3.8, 4) is 0 Å². The van der Waals surface area contributed by atoms with Crippen molar-refractivity contribution in [3.05, 3.63) is 23.1 Å². The number of carbonyl (C=O) groups is 1. The molecule has 0 aliphatic heterocycles. The van der Waals surface area contributed by atoms with Crippen LogP contribution in [0.25, 0.3) is 0 Å². The van der Waals surface area contributed by atoms with E-state index in [4.69, 9.17) is 5.11 Å². The third kappa shape index (κ3) is 1.73. The van der Waals surface area contributed by atoms with E-state index in [1.54, 1.807) is 0 Å². The Balaban J connectivity index is 3.65. The maximum atomic E-state index is 13.0. The molecule has 1 unspecified atom stereocenters. The lowest BCUT2D eigenvalue weighted by atomic mass is 10.0. The third-order valence-corrected chi connectivity index (χ3v) is 2.46. The van der Waals surface area contributed by atoms with Gasteiger partial charge in [-0.05, 0) is 0 Å². The zero-order valence-corrected chi connectivity index (χ0v) is 7.99. The minimum absolute atomic E-state index is 1.79. The van der Waals surface area contributed by atoms with Gasteiger partial charge in [0, 0.05) is 0 Å². The van der Waals surface area contributed by atoms with Crippen LogP contribution in [0.15, 0.2) is 23.1 Å². The lowest BCUT2D eigenvalue weighted by molar-refractivity contribution is -0.132. The number of hydrogen-bond donors (Lipinski definition) is 1. The molecule has 4 nitrogen and oxygen atoms in total. The van der Waals surface area contributed by atoms with Crippen molar-refractivity contribution in [1.82, 2.24) is 0 Å². The number of carboxylic acid groups (broad SMARTS) is 1. The minimum atomic E-state index is -3.53. The predicted octanol–water partition coefficient (Wildman–Crippen LogP) is 0.848. The van der Waals surface area contributed by atoms with Crippen LogP contribution in [0, 0.1) is 0 Å². The van der Waals surface area contributed by atoms with Crippen LogP contribution in [0.2, 0.25) is 0 Å². The van der Waals surface area contributed by atoms with E-state index in [0.29, 0.717) is 0 Å². The highest BCUT2D eigenvalue weighted by molar-refractivity contribution is 7.73. The summed E-state index contributed by atoms with van der Waals surface area (Å²) in [5.74, 6) is -8.91. The highest BCUT2D eigenvalue weighted by atomic mass is 32.2. The molecule has 0 aromatic heterocycles. The van der Waals surface area contributed by atoms with E-state index in [-0.39, 0.29) is 0 Å². The SMILES string of the molecule is O=C(O)C1=C(F)C(F)C(=S(=O)=O)C(F)=C1F. The summed E-state index contributed by atoms with van der Waals surface area (Å²) in [5.41, 5.74) is -1.85. The maximum absolute atomic E-state index is 13.0. The van der Waals surface area contributed by atoms with E-state index in [1.807, 2.05) is 0 Å². The van der Waals surface area contributed by atoms with Crippen molar-refractivity contribution in [2.24, 2.45) is 0 Å². The number of halogens is 4. The Bertz CT molecular complexity index is 549. The van der Waals surface area contributed by atoms with Crippen LogP contribution in [-0.4, -0.2) is 30.5 Å². The van der Waals surface area contributed by atoms with Gasteiger partial charge in [0.15, 0.2) is 28.5 Å². The van der Waals surface area contributed by atoms with E-state index < -0.39 is 50.4 Å². The first-order chi connectivity index (χ1) is 7.29. The topological polar surface area (TPSA) is 71.4 Å². The van der Waals surface area contributed by atoms with Gasteiger partial charge in [-0.2, -0.15) is 8.42 Å². The van der Waals surface area contributed by atoms with Gasteiger partial charge in [-0.25, -0.2) is 22.4 Å². The molecule has 9 heteroatoms. The standard InChI is InChI=1S/C7H2F4O4S/c8-2-1(7(12)13)3(9)5(11)6(4(2)10)16(14)15/h4H,(H,12,13). The highest BCUT2D eigenvalue weighted by Crippen LogP contribution is 2.33. The second-order valence-electron chi connectivity index (χ2n) is 2.62. The van der Waals surface area contributed by atoms with Crippen molar-refractivity contribution in [2.45, 2.75) is 6.17 Å². The van der Waals surface area contributed by atoms with Crippen LogP contribution in [0.4, 0.5) is 17.6 Å². The third-order valence-electron chi connectivity index (χ3n) is 1.71. The first-order valence-corrected chi connectivity index (χ1v) is 4.65. The van der Waals surface area contributed by atoms with Crippen LogP contribution in [-0.2, 0) is 15.1 Å². The van der Waals surface area contributed by atoms with Gasteiger partial charge >= 0.3 is 5.97 Å². The largest absolute Gasteiger partial charge is 0.477 e. The number of hydrogen-bond acceptors (Lipinski definition) is 3. The van der Waals surface area contributed by atoms with Crippen molar-refractivity contribution in [2.75, 3.05) is 0 Å². The first kappa shape index (κ1) is 12.4. The lowest BCUT2D eigenvalue weighted by Crippen LogP contribution is -2.27. The molecule has 1 N–H and O–H groups in total. The number of rotatable bonds is 1. The van der Waals surface area contributed by atoms with Crippen LogP contribution < -0.4 is 0 Å². The van der Waals surface area contributed by atoms with E-state index in [9.17, 15) is 30.8 Å². The smallest absolute Gasteiger partial charge is 0.341 e. The monoisotopic (exact) mass is 258 g/mol. The fourth-order valence-electron chi connectivity index (χ4n) is 1.03. The van der Waals surface area contributed by atoms with Gasteiger partial charge in [0.25, 0.3) is 0 Å². The van der Waals surface area contributed by atoms with Crippen LogP contribution in [0.5, 0.6) is 0 Å². The average Bonchev–Trinajstić information content (AvgIpc) is 2.14. The molecule has 0 fully saturated rings. The molecule has 0 amide bonds. The molecule has 0 saturated heterocycles. The minimum Gasteiger partial charge on any atom is -0.477 e. The summed E-state index contributed by atoms with van der Waals surface area (Å²) in [6.07, 6.45) is -3.15. The first-order valence-electron chi connectivity index (χ1n) is 3.58. The molecular formula is C7H2F4O4S. The van der Waals surface area contributed by atoms with Gasteiger partial charge in [-0.15, -0.1) is 0 Å². The van der Waals surface area contributed by atoms with Gasteiger partial charge in [0.2, 0.25) is 10.3 Å². The molecule has 1 aliphatic rings. The van der Waals surface area contributed by atoms with E-state index in [0.717, 1.165) is 0 Å². The predicted molar refractivity (Wildman–Crippen MR) is 43.8 cm³/mol. The van der Waals surface area contributed by atoms with Crippen molar-refractivity contribution in [3.63, 3.8) is 0 Å². The zero-order chi connectivity index (χ0) is 12.6. The molecule has 0 spiro atoms. The Morgan fingerprint density at radius 1 is 1.19 bits per heavy atom. The Labute approximate surface area is 87.0 Å². The molecule has 0 aromatic carbocycles. The summed E-state index contributed by atoms with van der Waals surface area (Å²) in [7, 11) is -3.53. The Kier molecular flexibility index (Phi) is 3.17. The number of aliphatic carboxylic acids is 1. The Morgan fingerprint density at radius 3 is 2.06 bits per heavy atom. The molecule has 16 heavy (non-hydrogen) atoms. The summed E-state index contributed by atoms with van der Waals surface area (Å²) >= 11 is 0. The van der Waals surface area contributed by atoms with Gasteiger partial charge in [0.1, 0.15) is 5.57 Å². The zero-order valence-electron chi connectivity index (χ0n) is 7.17. The van der Waals surface area contributed by atoms with Gasteiger partial charge < -0.3 is 5.11 Å². The molecule has 1 aliphatic carbocycles. The Morgan fingerprint density at radius 2 is 1.69 bits per heavy atom. The second-order valence-corrected chi connectivity index (χ2v) is 3.53. The lowest BCUT2D eigenvalue weighted by Gasteiger charge is -2.14. The normalized spacial score (nSPS) is 21.5. The van der Waals surface area contributed by atoms with Crippen LogP contribution in [0.1, 0.15) is 0 Å². The van der Waals surface area contributed by atoms with Crippen molar-refractivity contribution in [1.29, 1.82) is 0 Å². The number of allylic oxidation sites excluding steroid dienone is 2. The molecule has 1 rings (SSSR count). The summed E-state index contributed by atoms with van der Waals surface area (Å²) in [5, 5.41) is 8.27. The maximum Gasteiger partial charge on any atom is 0.341 e. The number of carboxylic acids is 1. The van der Waals surface area contributed by atoms with Gasteiger partial charge in [-0.1, -0.05) is 0 Å². The number of alkyl halides is 1. The fourth-order valence-corrected chi connectivity index (χ4v) is 1.54. The van der Waals surface area contributed by atoms with E-state index >= 15 is 0 Å². The summed E-state index contributed by atoms with van der Waals surface area (Å²) in [4.78, 5) is 8.48. The molecule has 0 bridgehead atoms. The quantitative estimate of drug-likeness (QED) is 0.559. The fraction of sp³-hybridized carbons (Fsp3) is 0.143. The summed E-state index contributed by atoms with van der Waals surface area (Å²) in [6.45, 7) is 0. The average molecular weight is 258 g/mol. The van der Waals surface area contributed by atoms with Crippen LogP contribution >= 0.6 is 0 Å². The molecular weight excluding hydrogens is 256 g/mol. The molecule has 0 radical (unpaired) electrons. The molecule has 0 heterocycles. The molecule has 1 atom stereocenters. The van der Waals surface area contributed by atoms with E-state index in [2.05, 4.69) is 0 Å². The molecule has 88 valence electrons. The van der Waals surface area contributed by atoms with E-state index in [1.165, 1.54) is 0 Å². The van der Waals surface area contributed by atoms with Gasteiger partial charge in [0.05, 0.1) is 0 Å². The second kappa shape index (κ2) is 4.08. The van der Waals surface area contributed by atoms with Crippen molar-refractivity contribution >= 4 is 21.1 Å².